The molecule has 0 unspecified atom stereocenters. The Morgan fingerprint density at radius 2 is 1.93 bits per heavy atom. The summed E-state index contributed by atoms with van der Waals surface area (Å²) >= 11 is 0. The maximum Gasteiger partial charge on any atom is 0.201 e. The highest BCUT2D eigenvalue weighted by Crippen LogP contribution is 2.18. The molecule has 1 saturated heterocycles. The van der Waals surface area contributed by atoms with Crippen molar-refractivity contribution in [1.82, 2.24) is 14.9 Å². The fourth-order valence-corrected chi connectivity index (χ4v) is 3.61. The molecule has 0 amide bonds. The van der Waals surface area contributed by atoms with Crippen LogP contribution in [-0.4, -0.2) is 41.1 Å². The first-order chi connectivity index (χ1) is 13.4. The first-order valence-corrected chi connectivity index (χ1v) is 9.99. The normalized spacial score (nSPS) is 15.1. The van der Waals surface area contributed by atoms with E-state index in [1.807, 2.05) is 30.3 Å². The number of anilines is 1. The number of rotatable bonds is 8. The van der Waals surface area contributed by atoms with Gasteiger partial charge in [-0.1, -0.05) is 30.7 Å². The van der Waals surface area contributed by atoms with E-state index in [1.165, 1.54) is 37.9 Å². The van der Waals surface area contributed by atoms with Gasteiger partial charge in [-0.15, -0.1) is 0 Å². The molecule has 0 radical (unpaired) electrons. The Kier molecular flexibility index (Phi) is 5.89. The van der Waals surface area contributed by atoms with E-state index in [0.717, 1.165) is 42.2 Å². The van der Waals surface area contributed by atoms with Crippen LogP contribution in [0.25, 0.3) is 11.0 Å². The molecule has 2 aromatic carbocycles. The number of aromatic amines is 1. The Hall–Kier alpha value is -2.53. The summed E-state index contributed by atoms with van der Waals surface area (Å²) in [5.74, 6) is 1.79. The number of likely N-dealkylation sites (tertiary alicyclic amines) is 1. The molecular weight excluding hydrogens is 336 g/mol. The zero-order valence-electron chi connectivity index (χ0n) is 15.8. The van der Waals surface area contributed by atoms with Crippen molar-refractivity contribution in [2.45, 2.75) is 32.2 Å². The highest BCUT2D eigenvalue weighted by molar-refractivity contribution is 5.77. The van der Waals surface area contributed by atoms with Gasteiger partial charge in [-0.2, -0.15) is 0 Å². The van der Waals surface area contributed by atoms with E-state index in [2.05, 4.69) is 38.4 Å². The van der Waals surface area contributed by atoms with Crippen LogP contribution in [0.15, 0.2) is 48.5 Å². The van der Waals surface area contributed by atoms with E-state index < -0.39 is 0 Å². The van der Waals surface area contributed by atoms with E-state index in [0.29, 0.717) is 6.61 Å². The van der Waals surface area contributed by atoms with Crippen LogP contribution < -0.4 is 10.1 Å². The molecule has 0 aliphatic carbocycles. The van der Waals surface area contributed by atoms with Gasteiger partial charge < -0.3 is 15.0 Å². The molecule has 0 atom stereocenters. The second-order valence-corrected chi connectivity index (χ2v) is 7.22. The highest BCUT2D eigenvalue weighted by atomic mass is 16.5. The second kappa shape index (κ2) is 8.91. The van der Waals surface area contributed by atoms with Crippen LogP contribution in [0.2, 0.25) is 0 Å². The van der Waals surface area contributed by atoms with Gasteiger partial charge in [-0.3, -0.25) is 4.90 Å². The summed E-state index contributed by atoms with van der Waals surface area (Å²) in [6, 6.07) is 16.6. The smallest absolute Gasteiger partial charge is 0.201 e. The van der Waals surface area contributed by atoms with Crippen LogP contribution in [0.3, 0.4) is 0 Å². The summed E-state index contributed by atoms with van der Waals surface area (Å²) in [4.78, 5) is 10.3. The van der Waals surface area contributed by atoms with Crippen LogP contribution in [0.1, 0.15) is 31.2 Å². The predicted octanol–water partition coefficient (Wildman–Crippen LogP) is 4.43. The minimum atomic E-state index is 0.695. The third kappa shape index (κ3) is 5.01. The number of ether oxygens (including phenoxy) is 1. The Morgan fingerprint density at radius 3 is 2.81 bits per heavy atom. The molecule has 1 aliphatic heterocycles. The third-order valence-corrected chi connectivity index (χ3v) is 5.02. The second-order valence-electron chi connectivity index (χ2n) is 7.22. The molecule has 2 heterocycles. The van der Waals surface area contributed by atoms with Crippen molar-refractivity contribution in [3.05, 3.63) is 54.1 Å². The Labute approximate surface area is 160 Å². The van der Waals surface area contributed by atoms with Crippen LogP contribution in [-0.2, 0) is 6.54 Å². The Balaban J connectivity index is 1.20. The van der Waals surface area contributed by atoms with Gasteiger partial charge in [-0.05, 0) is 62.2 Å². The quantitative estimate of drug-likeness (QED) is 0.581. The van der Waals surface area contributed by atoms with Crippen LogP contribution >= 0.6 is 0 Å². The van der Waals surface area contributed by atoms with Gasteiger partial charge in [0.25, 0.3) is 0 Å². The number of hydrogen-bond acceptors (Lipinski definition) is 4. The monoisotopic (exact) mass is 364 g/mol. The molecule has 142 valence electrons. The van der Waals surface area contributed by atoms with E-state index >= 15 is 0 Å². The standard InChI is InChI=1S/C22H28N4O/c1-4-13-26(14-5-1)17-18-8-6-9-19(16-18)27-15-7-12-23-22-24-20-10-2-3-11-21(20)25-22/h2-3,6,8-11,16H,1,4-5,7,12-15,17H2,(H2,23,24,25). The van der Waals surface area contributed by atoms with Gasteiger partial charge in [0.15, 0.2) is 0 Å². The van der Waals surface area contributed by atoms with Crippen molar-refractivity contribution in [2.75, 3.05) is 31.6 Å². The van der Waals surface area contributed by atoms with Crippen molar-refractivity contribution in [1.29, 1.82) is 0 Å². The predicted molar refractivity (Wildman–Crippen MR) is 110 cm³/mol. The molecule has 1 aliphatic rings. The minimum absolute atomic E-state index is 0.695. The number of benzene rings is 2. The SMILES string of the molecule is c1cc(CN2CCCCC2)cc(OCCCNc2nc3ccccc3[nH]2)c1. The molecule has 27 heavy (non-hydrogen) atoms. The van der Waals surface area contributed by atoms with Gasteiger partial charge in [-0.25, -0.2) is 4.98 Å². The van der Waals surface area contributed by atoms with Gasteiger partial charge in [0.1, 0.15) is 5.75 Å². The summed E-state index contributed by atoms with van der Waals surface area (Å²) in [5.41, 5.74) is 3.39. The number of piperidine rings is 1. The summed E-state index contributed by atoms with van der Waals surface area (Å²) in [6.45, 7) is 5.00. The molecule has 4 rings (SSSR count). The summed E-state index contributed by atoms with van der Waals surface area (Å²) in [5, 5.41) is 3.33. The van der Waals surface area contributed by atoms with Crippen molar-refractivity contribution >= 4 is 17.0 Å². The number of nitrogens with one attached hydrogen (secondary N) is 2. The van der Waals surface area contributed by atoms with Gasteiger partial charge >= 0.3 is 0 Å². The molecule has 1 aromatic heterocycles. The number of fused-ring (bicyclic) bond motifs is 1. The molecular formula is C22H28N4O. The van der Waals surface area contributed by atoms with Gasteiger partial charge in [0.2, 0.25) is 5.95 Å². The topological polar surface area (TPSA) is 53.2 Å². The number of hydrogen-bond donors (Lipinski definition) is 2. The van der Waals surface area contributed by atoms with Crippen molar-refractivity contribution in [3.63, 3.8) is 0 Å². The highest BCUT2D eigenvalue weighted by Gasteiger charge is 2.10. The van der Waals surface area contributed by atoms with Gasteiger partial charge in [0.05, 0.1) is 17.6 Å². The van der Waals surface area contributed by atoms with E-state index in [1.54, 1.807) is 0 Å². The number of nitrogens with zero attached hydrogens (tertiary/aromatic N) is 2. The lowest BCUT2D eigenvalue weighted by Gasteiger charge is -2.26. The molecule has 2 N–H and O–H groups in total. The zero-order chi connectivity index (χ0) is 18.3. The number of imidazole rings is 1. The van der Waals surface area contributed by atoms with Crippen LogP contribution in [0.5, 0.6) is 5.75 Å². The van der Waals surface area contributed by atoms with E-state index in [-0.39, 0.29) is 0 Å². The number of aromatic nitrogens is 2. The van der Waals surface area contributed by atoms with Crippen LogP contribution in [0, 0.1) is 0 Å². The molecule has 1 fully saturated rings. The van der Waals surface area contributed by atoms with Gasteiger partial charge in [0, 0.05) is 13.1 Å². The molecule has 3 aromatic rings. The van der Waals surface area contributed by atoms with E-state index in [9.17, 15) is 0 Å². The van der Waals surface area contributed by atoms with E-state index in [4.69, 9.17) is 4.74 Å². The fourth-order valence-electron chi connectivity index (χ4n) is 3.61. The average Bonchev–Trinajstić information content (AvgIpc) is 3.12. The lowest BCUT2D eigenvalue weighted by atomic mass is 10.1. The summed E-state index contributed by atoms with van der Waals surface area (Å²) in [6.07, 6.45) is 4.96. The lowest BCUT2D eigenvalue weighted by Crippen LogP contribution is -2.29. The minimum Gasteiger partial charge on any atom is -0.494 e. The Morgan fingerprint density at radius 1 is 1.04 bits per heavy atom. The molecule has 5 heteroatoms. The maximum atomic E-state index is 5.94. The number of para-hydroxylation sites is 2. The van der Waals surface area contributed by atoms with Crippen molar-refractivity contribution < 1.29 is 4.74 Å². The molecule has 0 spiro atoms. The Bertz CT molecular complexity index is 821. The van der Waals surface area contributed by atoms with Crippen molar-refractivity contribution in [3.8, 4) is 5.75 Å². The largest absolute Gasteiger partial charge is 0.494 e. The summed E-state index contributed by atoms with van der Waals surface area (Å²) in [7, 11) is 0. The van der Waals surface area contributed by atoms with Crippen LogP contribution in [0.4, 0.5) is 5.95 Å². The molecule has 0 saturated carbocycles. The van der Waals surface area contributed by atoms with Crippen molar-refractivity contribution in [2.24, 2.45) is 0 Å². The summed E-state index contributed by atoms with van der Waals surface area (Å²) < 4.78 is 5.94. The maximum absolute atomic E-state index is 5.94. The fraction of sp³-hybridized carbons (Fsp3) is 0.409. The average molecular weight is 364 g/mol. The number of H-pyrrole nitrogens is 1. The first kappa shape index (κ1) is 17.9. The zero-order valence-corrected chi connectivity index (χ0v) is 15.8. The lowest BCUT2D eigenvalue weighted by molar-refractivity contribution is 0.220. The molecule has 0 bridgehead atoms. The third-order valence-electron chi connectivity index (χ3n) is 5.02. The first-order valence-electron chi connectivity index (χ1n) is 9.99. The molecule has 5 nitrogen and oxygen atoms in total.